The fraction of sp³-hybridized carbons (Fsp3) is 0.750. The first-order chi connectivity index (χ1) is 6.70. The van der Waals surface area contributed by atoms with Gasteiger partial charge in [-0.1, -0.05) is 20.8 Å². The molecule has 0 radical (unpaired) electrons. The maximum absolute atomic E-state index is 6.08. The second-order valence-electron chi connectivity index (χ2n) is 6.00. The summed E-state index contributed by atoms with van der Waals surface area (Å²) in [5.41, 5.74) is 7.22. The van der Waals surface area contributed by atoms with E-state index in [0.717, 1.165) is 18.7 Å². The molecule has 0 saturated heterocycles. The van der Waals surface area contributed by atoms with E-state index in [1.807, 2.05) is 26.4 Å². The molecule has 1 aromatic heterocycles. The van der Waals surface area contributed by atoms with Crippen LogP contribution < -0.4 is 5.73 Å². The summed E-state index contributed by atoms with van der Waals surface area (Å²) < 4.78 is 2.16. The Morgan fingerprint density at radius 2 is 1.87 bits per heavy atom. The predicted octanol–water partition coefficient (Wildman–Crippen LogP) is 2.51. The van der Waals surface area contributed by atoms with E-state index >= 15 is 0 Å². The minimum absolute atomic E-state index is 0.311. The number of rotatable bonds is 3. The normalized spacial score (nSPS) is 13.2. The van der Waals surface area contributed by atoms with Crippen molar-refractivity contribution in [3.05, 3.63) is 18.2 Å². The molecule has 1 rings (SSSR count). The number of imidazole rings is 1. The quantitative estimate of drug-likeness (QED) is 0.831. The second kappa shape index (κ2) is 3.97. The van der Waals surface area contributed by atoms with E-state index in [9.17, 15) is 0 Å². The Bertz CT molecular complexity index is 312. The lowest BCUT2D eigenvalue weighted by Crippen LogP contribution is -2.31. The van der Waals surface area contributed by atoms with E-state index in [1.54, 1.807) is 0 Å². The highest BCUT2D eigenvalue weighted by molar-refractivity contribution is 5.09. The Balaban J connectivity index is 2.75. The van der Waals surface area contributed by atoms with Gasteiger partial charge >= 0.3 is 0 Å². The maximum atomic E-state index is 6.08. The third-order valence-corrected chi connectivity index (χ3v) is 2.48. The highest BCUT2D eigenvalue weighted by atomic mass is 15.1. The number of nitrogens with two attached hydrogens (primary N) is 1. The van der Waals surface area contributed by atoms with Gasteiger partial charge in [0.05, 0.1) is 17.6 Å². The molecule has 2 N–H and O–H groups in total. The highest BCUT2D eigenvalue weighted by Gasteiger charge is 2.19. The molecule has 0 aliphatic rings. The minimum Gasteiger partial charge on any atom is -0.333 e. The summed E-state index contributed by atoms with van der Waals surface area (Å²) in [6.45, 7) is 11.8. The minimum atomic E-state index is -0.311. The average molecular weight is 209 g/mol. The predicted molar refractivity (Wildman–Crippen MR) is 63.5 cm³/mol. The van der Waals surface area contributed by atoms with Crippen molar-refractivity contribution >= 4 is 0 Å². The van der Waals surface area contributed by atoms with Crippen molar-refractivity contribution in [3.8, 4) is 0 Å². The highest BCUT2D eigenvalue weighted by Crippen LogP contribution is 2.22. The van der Waals surface area contributed by atoms with Crippen molar-refractivity contribution in [2.45, 2.75) is 53.1 Å². The molecule has 0 aliphatic carbocycles. The van der Waals surface area contributed by atoms with E-state index < -0.39 is 0 Å². The van der Waals surface area contributed by atoms with Crippen LogP contribution in [0.1, 0.15) is 46.7 Å². The summed E-state index contributed by atoms with van der Waals surface area (Å²) in [5.74, 6) is 0. The molecule has 0 fully saturated rings. The molecule has 0 saturated carbocycles. The molecule has 1 heterocycles. The first-order valence-electron chi connectivity index (χ1n) is 5.50. The second-order valence-corrected chi connectivity index (χ2v) is 6.00. The Labute approximate surface area is 92.7 Å². The zero-order chi connectivity index (χ0) is 11.7. The van der Waals surface area contributed by atoms with Crippen LogP contribution in [-0.4, -0.2) is 9.55 Å². The zero-order valence-electron chi connectivity index (χ0n) is 10.5. The summed E-state index contributed by atoms with van der Waals surface area (Å²) in [4.78, 5) is 4.17. The van der Waals surface area contributed by atoms with Gasteiger partial charge in [-0.2, -0.15) is 0 Å². The third-order valence-electron chi connectivity index (χ3n) is 2.48. The van der Waals surface area contributed by atoms with E-state index in [4.69, 9.17) is 5.73 Å². The van der Waals surface area contributed by atoms with Gasteiger partial charge in [-0.25, -0.2) is 4.98 Å². The van der Waals surface area contributed by atoms with Gasteiger partial charge in [0, 0.05) is 12.7 Å². The molecule has 0 bridgehead atoms. The van der Waals surface area contributed by atoms with E-state index in [2.05, 4.69) is 30.3 Å². The fourth-order valence-electron chi connectivity index (χ4n) is 1.49. The van der Waals surface area contributed by atoms with Crippen LogP contribution in [-0.2, 0) is 12.1 Å². The molecule has 86 valence electrons. The van der Waals surface area contributed by atoms with Crippen LogP contribution in [0.25, 0.3) is 0 Å². The number of aryl methyl sites for hydroxylation is 1. The Kier molecular flexibility index (Phi) is 3.24. The van der Waals surface area contributed by atoms with Crippen molar-refractivity contribution in [3.63, 3.8) is 0 Å². The summed E-state index contributed by atoms with van der Waals surface area (Å²) in [6, 6.07) is 0. The van der Waals surface area contributed by atoms with Crippen molar-refractivity contribution in [2.75, 3.05) is 0 Å². The molecule has 1 aromatic rings. The van der Waals surface area contributed by atoms with E-state index in [0.29, 0.717) is 5.41 Å². The molecule has 15 heavy (non-hydrogen) atoms. The van der Waals surface area contributed by atoms with Gasteiger partial charge in [-0.3, -0.25) is 0 Å². The summed E-state index contributed by atoms with van der Waals surface area (Å²) in [6.07, 6.45) is 4.87. The molecule has 0 atom stereocenters. The lowest BCUT2D eigenvalue weighted by Gasteiger charge is -2.23. The summed E-state index contributed by atoms with van der Waals surface area (Å²) in [7, 11) is 0. The topological polar surface area (TPSA) is 43.8 Å². The van der Waals surface area contributed by atoms with Crippen molar-refractivity contribution in [1.82, 2.24) is 9.55 Å². The van der Waals surface area contributed by atoms with Crippen LogP contribution in [0.5, 0.6) is 0 Å². The van der Waals surface area contributed by atoms with Gasteiger partial charge in [0.15, 0.2) is 0 Å². The monoisotopic (exact) mass is 209 g/mol. The zero-order valence-corrected chi connectivity index (χ0v) is 10.5. The molecule has 3 nitrogen and oxygen atoms in total. The van der Waals surface area contributed by atoms with E-state index in [1.165, 1.54) is 0 Å². The maximum Gasteiger partial charge on any atom is 0.0948 e. The smallest absolute Gasteiger partial charge is 0.0948 e. The van der Waals surface area contributed by atoms with Crippen LogP contribution in [0.4, 0.5) is 0 Å². The lowest BCUT2D eigenvalue weighted by molar-refractivity contribution is 0.341. The third kappa shape index (κ3) is 3.67. The average Bonchev–Trinajstić information content (AvgIpc) is 2.45. The fourth-order valence-corrected chi connectivity index (χ4v) is 1.49. The van der Waals surface area contributed by atoms with Crippen LogP contribution in [0.3, 0.4) is 0 Å². The Hall–Kier alpha value is -0.830. The number of nitrogens with zero attached hydrogens (tertiary/aromatic N) is 2. The molecular formula is C12H23N3. The SMILES string of the molecule is CC(C)(C)CCn1cncc1C(C)(C)N. The van der Waals surface area contributed by atoms with Crippen LogP contribution in [0.2, 0.25) is 0 Å². The lowest BCUT2D eigenvalue weighted by atomic mass is 9.92. The summed E-state index contributed by atoms with van der Waals surface area (Å²) in [5, 5.41) is 0. The first-order valence-corrected chi connectivity index (χ1v) is 5.50. The van der Waals surface area contributed by atoms with Crippen LogP contribution >= 0.6 is 0 Å². The van der Waals surface area contributed by atoms with Gasteiger partial charge in [0.25, 0.3) is 0 Å². The molecule has 0 aliphatic heterocycles. The molecule has 0 spiro atoms. The van der Waals surface area contributed by atoms with Gasteiger partial charge in [0.1, 0.15) is 0 Å². The molecule has 0 amide bonds. The summed E-state index contributed by atoms with van der Waals surface area (Å²) >= 11 is 0. The van der Waals surface area contributed by atoms with Crippen LogP contribution in [0.15, 0.2) is 12.5 Å². The number of hydrogen-bond acceptors (Lipinski definition) is 2. The van der Waals surface area contributed by atoms with Gasteiger partial charge in [-0.15, -0.1) is 0 Å². The molecule has 0 aromatic carbocycles. The van der Waals surface area contributed by atoms with Crippen LogP contribution in [0, 0.1) is 5.41 Å². The molecular weight excluding hydrogens is 186 g/mol. The Morgan fingerprint density at radius 3 is 2.33 bits per heavy atom. The van der Waals surface area contributed by atoms with Gasteiger partial charge in [-0.05, 0) is 25.7 Å². The standard InChI is InChI=1S/C12H23N3/c1-11(2,3)6-7-15-9-14-8-10(15)12(4,5)13/h8-9H,6-7,13H2,1-5H3. The Morgan fingerprint density at radius 1 is 1.27 bits per heavy atom. The van der Waals surface area contributed by atoms with Gasteiger partial charge in [0.2, 0.25) is 0 Å². The largest absolute Gasteiger partial charge is 0.333 e. The molecule has 3 heteroatoms. The number of aromatic nitrogens is 2. The first kappa shape index (κ1) is 12.2. The van der Waals surface area contributed by atoms with Crippen molar-refractivity contribution in [2.24, 2.45) is 11.1 Å². The molecule has 0 unspecified atom stereocenters. The van der Waals surface area contributed by atoms with Crippen molar-refractivity contribution < 1.29 is 0 Å². The van der Waals surface area contributed by atoms with Gasteiger partial charge < -0.3 is 10.3 Å². The van der Waals surface area contributed by atoms with E-state index in [-0.39, 0.29) is 5.54 Å². The van der Waals surface area contributed by atoms with Crippen molar-refractivity contribution in [1.29, 1.82) is 0 Å². The number of hydrogen-bond donors (Lipinski definition) is 1.